The van der Waals surface area contributed by atoms with Gasteiger partial charge in [0.25, 0.3) is 0 Å². The third-order valence-electron chi connectivity index (χ3n) is 5.75. The van der Waals surface area contributed by atoms with Crippen molar-refractivity contribution in [2.75, 3.05) is 0 Å². The summed E-state index contributed by atoms with van der Waals surface area (Å²) in [5, 5.41) is 9.08. The molecule has 3 aromatic carbocycles. The van der Waals surface area contributed by atoms with Gasteiger partial charge in [-0.1, -0.05) is 137 Å². The van der Waals surface area contributed by atoms with Gasteiger partial charge >= 0.3 is 0 Å². The zero-order chi connectivity index (χ0) is 23.7. The molecule has 2 N–H and O–H groups in total. The van der Waals surface area contributed by atoms with Crippen LogP contribution in [0.15, 0.2) is 84.9 Å². The van der Waals surface area contributed by atoms with Crippen molar-refractivity contribution in [1.82, 2.24) is 0 Å². The van der Waals surface area contributed by atoms with E-state index in [0.717, 1.165) is 0 Å². The summed E-state index contributed by atoms with van der Waals surface area (Å²) >= 11 is 0. The highest BCUT2D eigenvalue weighted by Gasteiger charge is 2.11. The Morgan fingerprint density at radius 1 is 0.697 bits per heavy atom. The van der Waals surface area contributed by atoms with Crippen molar-refractivity contribution >= 4 is 8.03 Å². The number of aliphatic hydroxyl groups is 1. The van der Waals surface area contributed by atoms with Crippen molar-refractivity contribution in [2.45, 2.75) is 70.6 Å². The lowest BCUT2D eigenvalue weighted by molar-refractivity contribution is 0.243. The average molecular weight is 467 g/mol. The number of hydrogen-bond acceptors (Lipinski definition) is 2. The Balaban J connectivity index is 0.000000294. The van der Waals surface area contributed by atoms with Crippen LogP contribution in [0.5, 0.6) is 0 Å². The van der Waals surface area contributed by atoms with Gasteiger partial charge in [-0.3, -0.25) is 4.57 Å². The number of aryl methyl sites for hydroxylation is 1. The molecule has 0 saturated heterocycles. The Morgan fingerprint density at radius 2 is 1.21 bits per heavy atom. The van der Waals surface area contributed by atoms with Crippen molar-refractivity contribution in [1.29, 1.82) is 0 Å². The summed E-state index contributed by atoms with van der Waals surface area (Å²) < 4.78 is 10.4. The minimum absolute atomic E-state index is 0.485. The topological polar surface area (TPSA) is 57.5 Å². The highest BCUT2D eigenvalue weighted by molar-refractivity contribution is 7.38. The molecule has 178 valence electrons. The first kappa shape index (κ1) is 27.1. The molecule has 0 fully saturated rings. The van der Waals surface area contributed by atoms with Crippen LogP contribution in [0.3, 0.4) is 0 Å². The van der Waals surface area contributed by atoms with E-state index in [0.29, 0.717) is 5.56 Å². The van der Waals surface area contributed by atoms with Crippen LogP contribution in [-0.2, 0) is 11.0 Å². The quantitative estimate of drug-likeness (QED) is 0.209. The largest absolute Gasteiger partial charge is 0.378 e. The fraction of sp³-hybridized carbons (Fsp3) is 0.379. The van der Waals surface area contributed by atoms with E-state index in [1.165, 1.54) is 74.5 Å². The van der Waals surface area contributed by atoms with Gasteiger partial charge in [-0.2, -0.15) is 0 Å². The van der Waals surface area contributed by atoms with Crippen molar-refractivity contribution < 1.29 is 14.6 Å². The van der Waals surface area contributed by atoms with Crippen LogP contribution in [0.2, 0.25) is 0 Å². The van der Waals surface area contributed by atoms with Gasteiger partial charge in [0.1, 0.15) is 0 Å². The van der Waals surface area contributed by atoms with Crippen LogP contribution in [0.4, 0.5) is 0 Å². The zero-order valence-corrected chi connectivity index (χ0v) is 20.8. The fourth-order valence-corrected chi connectivity index (χ4v) is 4.34. The van der Waals surface area contributed by atoms with Gasteiger partial charge in [-0.25, -0.2) is 0 Å². The van der Waals surface area contributed by atoms with E-state index in [1.54, 1.807) is 30.3 Å². The van der Waals surface area contributed by atoms with Crippen molar-refractivity contribution in [3.63, 3.8) is 0 Å². The monoisotopic (exact) mass is 466 g/mol. The Bertz CT molecular complexity index is 912. The molecule has 0 aliphatic rings. The fourth-order valence-electron chi connectivity index (χ4n) is 3.86. The highest BCUT2D eigenvalue weighted by atomic mass is 31.1. The summed E-state index contributed by atoms with van der Waals surface area (Å²) in [6.45, 7) is 2.28. The minimum Gasteiger partial charge on any atom is -0.378 e. The second-order valence-electron chi connectivity index (χ2n) is 8.40. The molecule has 0 aliphatic heterocycles. The first-order valence-electron chi connectivity index (χ1n) is 12.2. The first-order valence-corrected chi connectivity index (χ1v) is 13.7. The lowest BCUT2D eigenvalue weighted by atomic mass is 9.95. The maximum Gasteiger partial charge on any atom is 0.221 e. The number of rotatable bonds is 12. The summed E-state index contributed by atoms with van der Waals surface area (Å²) in [5.74, 6) is -1.22. The summed E-state index contributed by atoms with van der Waals surface area (Å²) in [6, 6.07) is 28.1. The Kier molecular flexibility index (Phi) is 13.5. The van der Waals surface area contributed by atoms with Gasteiger partial charge in [0.05, 0.1) is 0 Å². The van der Waals surface area contributed by atoms with E-state index >= 15 is 0 Å². The molecule has 3 nitrogen and oxygen atoms in total. The summed E-state index contributed by atoms with van der Waals surface area (Å²) in [4.78, 5) is 8.57. The number of hydrogen-bond donors (Lipinski definition) is 2. The molecule has 0 spiro atoms. The average Bonchev–Trinajstić information content (AvgIpc) is 2.87. The molecule has 2 unspecified atom stereocenters. The van der Waals surface area contributed by atoms with Crippen LogP contribution in [-0.4, -0.2) is 10.00 Å². The smallest absolute Gasteiger partial charge is 0.221 e. The lowest BCUT2D eigenvalue weighted by Gasteiger charge is -2.09. The second kappa shape index (κ2) is 16.4. The third kappa shape index (κ3) is 10.5. The van der Waals surface area contributed by atoms with Crippen LogP contribution in [0, 0.1) is 0 Å². The molecule has 0 amide bonds. The molecular weight excluding hydrogens is 427 g/mol. The van der Waals surface area contributed by atoms with E-state index in [4.69, 9.17) is 10.00 Å². The molecular formula is C29H39O3P. The normalized spacial score (nSPS) is 12.5. The first-order chi connectivity index (χ1) is 16.1. The molecule has 0 bridgehead atoms. The minimum atomic E-state index is -2.86. The molecule has 3 rings (SSSR count). The molecule has 0 heterocycles. The third-order valence-corrected chi connectivity index (χ3v) is 6.55. The molecule has 33 heavy (non-hydrogen) atoms. The van der Waals surface area contributed by atoms with Crippen molar-refractivity contribution in [3.8, 4) is 11.1 Å². The predicted octanol–water partition coefficient (Wildman–Crippen LogP) is 8.18. The predicted molar refractivity (Wildman–Crippen MR) is 141 cm³/mol. The Morgan fingerprint density at radius 3 is 1.82 bits per heavy atom. The molecule has 3 aromatic rings. The van der Waals surface area contributed by atoms with Gasteiger partial charge in [-0.05, 0) is 35.1 Å². The van der Waals surface area contributed by atoms with E-state index < -0.39 is 13.9 Å². The zero-order valence-electron chi connectivity index (χ0n) is 19.8. The van der Waals surface area contributed by atoms with E-state index in [-0.39, 0.29) is 0 Å². The highest BCUT2D eigenvalue weighted by Crippen LogP contribution is 2.34. The molecule has 0 saturated carbocycles. The molecule has 0 radical (unpaired) electrons. The van der Waals surface area contributed by atoms with Crippen molar-refractivity contribution in [3.05, 3.63) is 96.1 Å². The summed E-state index contributed by atoms with van der Waals surface area (Å²) in [7, 11) is -2.86. The van der Waals surface area contributed by atoms with E-state index in [9.17, 15) is 4.57 Å². The molecule has 2 atom stereocenters. The van der Waals surface area contributed by atoms with Crippen LogP contribution < -0.4 is 0 Å². The molecule has 0 aromatic heterocycles. The summed E-state index contributed by atoms with van der Waals surface area (Å²) in [6.07, 6.45) is 12.3. The van der Waals surface area contributed by atoms with Gasteiger partial charge < -0.3 is 10.00 Å². The number of unbranched alkanes of at least 4 members (excludes halogenated alkanes) is 7. The number of benzene rings is 3. The van der Waals surface area contributed by atoms with E-state index in [1.807, 2.05) is 0 Å². The maximum atomic E-state index is 10.4. The SMILES string of the molecule is CCCCCCCCCCc1ccccc1-c1ccccc1.O=[PH](O)C(O)c1ccccc1. The number of aliphatic hydroxyl groups excluding tert-OH is 1. The maximum absolute atomic E-state index is 10.4. The van der Waals surface area contributed by atoms with Gasteiger partial charge in [-0.15, -0.1) is 0 Å². The van der Waals surface area contributed by atoms with Gasteiger partial charge in [0.2, 0.25) is 8.03 Å². The standard InChI is InChI=1S/C22H30.C7H9O3P/c1-2-3-4-5-6-7-8-10-15-21-18-13-14-19-22(21)20-16-11-9-12-17-20;8-7(11(9)10)6-4-2-1-3-5-6/h9,11-14,16-19H,2-8,10,15H2,1H3;1-5,7-8,11H,(H,9,10). The second-order valence-corrected chi connectivity index (χ2v) is 9.62. The van der Waals surface area contributed by atoms with Crippen LogP contribution in [0.25, 0.3) is 11.1 Å². The Labute approximate surface area is 200 Å². The Hall–Kier alpha value is -2.19. The van der Waals surface area contributed by atoms with Crippen molar-refractivity contribution in [2.24, 2.45) is 0 Å². The molecule has 4 heteroatoms. The summed E-state index contributed by atoms with van der Waals surface area (Å²) in [5.41, 5.74) is 4.74. The van der Waals surface area contributed by atoms with Gasteiger partial charge in [0.15, 0.2) is 5.85 Å². The van der Waals surface area contributed by atoms with Crippen LogP contribution >= 0.6 is 8.03 Å². The van der Waals surface area contributed by atoms with Crippen LogP contribution in [0.1, 0.15) is 75.3 Å². The van der Waals surface area contributed by atoms with E-state index in [2.05, 4.69) is 61.5 Å². The molecule has 0 aliphatic carbocycles. The lowest BCUT2D eigenvalue weighted by Crippen LogP contribution is -1.91. The van der Waals surface area contributed by atoms with Gasteiger partial charge in [0, 0.05) is 0 Å².